The predicted molar refractivity (Wildman–Crippen MR) is 120 cm³/mol. The number of para-hydroxylation sites is 1. The van der Waals surface area contributed by atoms with Crippen LogP contribution in [0.4, 0.5) is 17.1 Å². The number of amides is 2. The smallest absolute Gasteiger partial charge is 0.242 e. The fourth-order valence-corrected chi connectivity index (χ4v) is 3.84. The van der Waals surface area contributed by atoms with E-state index in [1.165, 1.54) is 0 Å². The van der Waals surface area contributed by atoms with Crippen molar-refractivity contribution in [3.63, 3.8) is 0 Å². The van der Waals surface area contributed by atoms with Crippen molar-refractivity contribution in [3.8, 4) is 0 Å². The van der Waals surface area contributed by atoms with Crippen molar-refractivity contribution in [2.24, 2.45) is 5.41 Å². The van der Waals surface area contributed by atoms with Crippen LogP contribution in [-0.4, -0.2) is 31.4 Å². The van der Waals surface area contributed by atoms with Gasteiger partial charge in [-0.05, 0) is 76.4 Å². The van der Waals surface area contributed by atoms with Gasteiger partial charge in [0, 0.05) is 36.7 Å². The Morgan fingerprint density at radius 2 is 1.79 bits per heavy atom. The van der Waals surface area contributed by atoms with Gasteiger partial charge in [0.2, 0.25) is 11.8 Å². The molecule has 1 heterocycles. The van der Waals surface area contributed by atoms with Crippen LogP contribution in [0.5, 0.6) is 0 Å². The van der Waals surface area contributed by atoms with Gasteiger partial charge in [-0.25, -0.2) is 0 Å². The van der Waals surface area contributed by atoms with Crippen LogP contribution in [0, 0.1) is 12.3 Å². The molecule has 0 radical (unpaired) electrons. The maximum atomic E-state index is 13.2. The van der Waals surface area contributed by atoms with Gasteiger partial charge >= 0.3 is 0 Å². The molecule has 2 aromatic rings. The van der Waals surface area contributed by atoms with Crippen molar-refractivity contribution in [1.82, 2.24) is 0 Å². The van der Waals surface area contributed by atoms with E-state index in [4.69, 9.17) is 0 Å². The van der Waals surface area contributed by atoms with E-state index >= 15 is 0 Å². The molecule has 2 aromatic carbocycles. The summed E-state index contributed by atoms with van der Waals surface area (Å²) in [4.78, 5) is 30.3. The zero-order chi connectivity index (χ0) is 21.2. The lowest BCUT2D eigenvalue weighted by Crippen LogP contribution is -2.47. The summed E-state index contributed by atoms with van der Waals surface area (Å²) in [7, 11) is 0. The molecule has 0 spiro atoms. The Kier molecular flexibility index (Phi) is 5.96. The SMILES string of the molecule is CCN(CC)c1ccc(NC(=O)C(C)(C)C(=O)N2CCc3ccccc32)c(C)c1. The van der Waals surface area contributed by atoms with E-state index < -0.39 is 5.41 Å². The van der Waals surface area contributed by atoms with E-state index in [9.17, 15) is 9.59 Å². The number of nitrogens with zero attached hydrogens (tertiary/aromatic N) is 2. The van der Waals surface area contributed by atoms with Crippen LogP contribution in [0.1, 0.15) is 38.8 Å². The number of carbonyl (C=O) groups is 2. The molecule has 1 aliphatic rings. The fourth-order valence-electron chi connectivity index (χ4n) is 3.84. The average Bonchev–Trinajstić information content (AvgIpc) is 3.14. The molecule has 0 aliphatic carbocycles. The zero-order valence-corrected chi connectivity index (χ0v) is 18.1. The topological polar surface area (TPSA) is 52.7 Å². The minimum absolute atomic E-state index is 0.169. The van der Waals surface area contributed by atoms with Crippen LogP contribution in [0.3, 0.4) is 0 Å². The Balaban J connectivity index is 1.77. The van der Waals surface area contributed by atoms with Crippen molar-refractivity contribution >= 4 is 28.9 Å². The summed E-state index contributed by atoms with van der Waals surface area (Å²) < 4.78 is 0. The molecule has 0 aromatic heterocycles. The molecule has 0 saturated carbocycles. The number of aryl methyl sites for hydroxylation is 1. The van der Waals surface area contributed by atoms with Crippen molar-refractivity contribution in [3.05, 3.63) is 53.6 Å². The van der Waals surface area contributed by atoms with Crippen molar-refractivity contribution in [1.29, 1.82) is 0 Å². The van der Waals surface area contributed by atoms with E-state index in [2.05, 4.69) is 30.1 Å². The van der Waals surface area contributed by atoms with Crippen LogP contribution < -0.4 is 15.1 Å². The number of benzene rings is 2. The van der Waals surface area contributed by atoms with E-state index in [0.717, 1.165) is 47.7 Å². The highest BCUT2D eigenvalue weighted by molar-refractivity contribution is 6.15. The maximum absolute atomic E-state index is 13.2. The second kappa shape index (κ2) is 8.27. The van der Waals surface area contributed by atoms with Gasteiger partial charge in [0.25, 0.3) is 0 Å². The van der Waals surface area contributed by atoms with E-state index in [1.54, 1.807) is 18.7 Å². The Bertz CT molecular complexity index is 916. The Morgan fingerprint density at radius 3 is 2.45 bits per heavy atom. The van der Waals surface area contributed by atoms with Crippen LogP contribution in [0.2, 0.25) is 0 Å². The van der Waals surface area contributed by atoms with Crippen molar-refractivity contribution < 1.29 is 9.59 Å². The second-order valence-electron chi connectivity index (χ2n) is 8.09. The molecule has 5 heteroatoms. The van der Waals surface area contributed by atoms with Gasteiger partial charge in [-0.2, -0.15) is 0 Å². The molecule has 0 fully saturated rings. The highest BCUT2D eigenvalue weighted by Gasteiger charge is 2.41. The predicted octanol–water partition coefficient (Wildman–Crippen LogP) is 4.40. The number of hydrogen-bond donors (Lipinski definition) is 1. The molecule has 5 nitrogen and oxygen atoms in total. The summed E-state index contributed by atoms with van der Waals surface area (Å²) >= 11 is 0. The van der Waals surface area contributed by atoms with Crippen molar-refractivity contribution in [2.75, 3.05) is 34.8 Å². The lowest BCUT2D eigenvalue weighted by Gasteiger charge is -2.29. The van der Waals surface area contributed by atoms with Crippen LogP contribution in [-0.2, 0) is 16.0 Å². The third-order valence-corrected chi connectivity index (χ3v) is 5.82. The number of rotatable bonds is 6. The van der Waals surface area contributed by atoms with Gasteiger partial charge in [-0.15, -0.1) is 0 Å². The molecule has 0 atom stereocenters. The molecule has 0 bridgehead atoms. The highest BCUT2D eigenvalue weighted by atomic mass is 16.2. The lowest BCUT2D eigenvalue weighted by atomic mass is 9.90. The monoisotopic (exact) mass is 393 g/mol. The van der Waals surface area contributed by atoms with Gasteiger partial charge in [-0.3, -0.25) is 9.59 Å². The van der Waals surface area contributed by atoms with Gasteiger partial charge in [0.05, 0.1) is 0 Å². The minimum atomic E-state index is -1.17. The first-order valence-corrected chi connectivity index (χ1v) is 10.4. The number of carbonyl (C=O) groups excluding carboxylic acids is 2. The normalized spacial score (nSPS) is 13.2. The number of nitrogens with one attached hydrogen (secondary N) is 1. The largest absolute Gasteiger partial charge is 0.372 e. The molecule has 0 saturated heterocycles. The second-order valence-corrected chi connectivity index (χ2v) is 8.09. The minimum Gasteiger partial charge on any atom is -0.372 e. The molecule has 2 amide bonds. The standard InChI is InChI=1S/C24H31N3O2/c1-6-26(7-2)19-12-13-20(17(3)16-19)25-22(28)24(4,5)23(29)27-15-14-18-10-8-9-11-21(18)27/h8-13,16H,6-7,14-15H2,1-5H3,(H,25,28). The van der Waals surface area contributed by atoms with E-state index in [1.807, 2.05) is 43.3 Å². The van der Waals surface area contributed by atoms with Gasteiger partial charge in [0.1, 0.15) is 5.41 Å². The summed E-state index contributed by atoms with van der Waals surface area (Å²) in [5.74, 6) is -0.456. The molecule has 1 N–H and O–H groups in total. The van der Waals surface area contributed by atoms with Gasteiger partial charge in [-0.1, -0.05) is 18.2 Å². The number of fused-ring (bicyclic) bond motifs is 1. The lowest BCUT2D eigenvalue weighted by molar-refractivity contribution is -0.136. The zero-order valence-electron chi connectivity index (χ0n) is 18.1. The third kappa shape index (κ3) is 4.00. The molecular formula is C24H31N3O2. The third-order valence-electron chi connectivity index (χ3n) is 5.82. The van der Waals surface area contributed by atoms with Gasteiger partial charge < -0.3 is 15.1 Å². The Morgan fingerprint density at radius 1 is 1.10 bits per heavy atom. The summed E-state index contributed by atoms with van der Waals surface area (Å²) in [5, 5.41) is 2.98. The number of hydrogen-bond acceptors (Lipinski definition) is 3. The maximum Gasteiger partial charge on any atom is 0.242 e. The molecule has 29 heavy (non-hydrogen) atoms. The quantitative estimate of drug-likeness (QED) is 0.741. The van der Waals surface area contributed by atoms with E-state index in [-0.39, 0.29) is 11.8 Å². The average molecular weight is 394 g/mol. The summed E-state index contributed by atoms with van der Waals surface area (Å²) in [5.41, 5.74) is 3.76. The van der Waals surface area contributed by atoms with Crippen LogP contribution in [0.25, 0.3) is 0 Å². The van der Waals surface area contributed by atoms with Crippen LogP contribution in [0.15, 0.2) is 42.5 Å². The molecular weight excluding hydrogens is 362 g/mol. The first-order valence-electron chi connectivity index (χ1n) is 10.4. The van der Waals surface area contributed by atoms with Crippen LogP contribution >= 0.6 is 0 Å². The Labute approximate surface area is 173 Å². The number of anilines is 3. The molecule has 3 rings (SSSR count). The summed E-state index contributed by atoms with van der Waals surface area (Å²) in [6.07, 6.45) is 0.825. The summed E-state index contributed by atoms with van der Waals surface area (Å²) in [6.45, 7) is 12.1. The molecule has 0 unspecified atom stereocenters. The first-order chi connectivity index (χ1) is 13.8. The molecule has 154 valence electrons. The fraction of sp³-hybridized carbons (Fsp3) is 0.417. The first kappa shape index (κ1) is 20.9. The van der Waals surface area contributed by atoms with Gasteiger partial charge in [0.15, 0.2) is 0 Å². The van der Waals surface area contributed by atoms with Crippen molar-refractivity contribution in [2.45, 2.75) is 41.0 Å². The highest BCUT2D eigenvalue weighted by Crippen LogP contribution is 2.33. The molecule has 1 aliphatic heterocycles. The Hall–Kier alpha value is -2.82. The van der Waals surface area contributed by atoms with E-state index in [0.29, 0.717) is 6.54 Å². The summed E-state index contributed by atoms with van der Waals surface area (Å²) in [6, 6.07) is 13.9.